The molecule has 0 saturated carbocycles. The van der Waals surface area contributed by atoms with Gasteiger partial charge >= 0.3 is 0 Å². The Labute approximate surface area is 126 Å². The van der Waals surface area contributed by atoms with Crippen molar-refractivity contribution in [1.82, 2.24) is 10.2 Å². The van der Waals surface area contributed by atoms with Crippen molar-refractivity contribution in [2.45, 2.75) is 13.8 Å². The Bertz CT molecular complexity index is 686. The first-order chi connectivity index (χ1) is 9.95. The fraction of sp³-hybridized carbons (Fsp3) is 0.143. The Hall–Kier alpha value is -2.47. The fourth-order valence-corrected chi connectivity index (χ4v) is 1.76. The number of hydrogen-bond donors (Lipinski definition) is 2. The largest absolute Gasteiger partial charge is 0.326 e. The zero-order valence-electron chi connectivity index (χ0n) is 11.5. The van der Waals surface area contributed by atoms with Crippen molar-refractivity contribution in [3.05, 3.63) is 46.7 Å². The number of aryl methyl sites for hydroxylation is 1. The second-order valence-electron chi connectivity index (χ2n) is 4.41. The van der Waals surface area contributed by atoms with E-state index in [9.17, 15) is 9.59 Å². The van der Waals surface area contributed by atoms with Gasteiger partial charge in [-0.15, -0.1) is 10.2 Å². The van der Waals surface area contributed by atoms with Crippen LogP contribution in [0.15, 0.2) is 30.3 Å². The molecule has 2 rings (SSSR count). The summed E-state index contributed by atoms with van der Waals surface area (Å²) in [5, 5.41) is 12.9. The van der Waals surface area contributed by atoms with E-state index in [0.717, 1.165) is 5.56 Å². The van der Waals surface area contributed by atoms with Crippen LogP contribution in [0.1, 0.15) is 23.0 Å². The van der Waals surface area contributed by atoms with Gasteiger partial charge in [0, 0.05) is 18.3 Å². The molecule has 0 bridgehead atoms. The Morgan fingerprint density at radius 3 is 2.48 bits per heavy atom. The van der Waals surface area contributed by atoms with Crippen molar-refractivity contribution in [2.24, 2.45) is 0 Å². The first kappa shape index (κ1) is 14.9. The van der Waals surface area contributed by atoms with Crippen molar-refractivity contribution in [2.75, 3.05) is 10.6 Å². The molecule has 108 valence electrons. The Balaban J connectivity index is 2.17. The van der Waals surface area contributed by atoms with Gasteiger partial charge in [0.15, 0.2) is 10.8 Å². The number of aromatic nitrogens is 2. The van der Waals surface area contributed by atoms with Crippen LogP contribution in [0.3, 0.4) is 0 Å². The number of halogens is 1. The lowest BCUT2D eigenvalue weighted by Gasteiger charge is -2.10. The van der Waals surface area contributed by atoms with Crippen LogP contribution in [0.5, 0.6) is 0 Å². The number of amides is 2. The Morgan fingerprint density at radius 1 is 1.10 bits per heavy atom. The lowest BCUT2D eigenvalue weighted by Crippen LogP contribution is -2.15. The zero-order chi connectivity index (χ0) is 15.4. The molecule has 2 N–H and O–H groups in total. The molecule has 7 heteroatoms. The van der Waals surface area contributed by atoms with Gasteiger partial charge in [-0.3, -0.25) is 9.59 Å². The molecule has 0 atom stereocenters. The molecule has 2 amide bonds. The molecule has 1 aromatic heterocycles. The maximum absolute atomic E-state index is 12.0. The van der Waals surface area contributed by atoms with E-state index in [2.05, 4.69) is 20.8 Å². The number of anilines is 2. The number of carbonyl (C=O) groups is 2. The highest BCUT2D eigenvalue weighted by atomic mass is 35.5. The van der Waals surface area contributed by atoms with Crippen LogP contribution in [0.25, 0.3) is 0 Å². The van der Waals surface area contributed by atoms with E-state index in [1.807, 2.05) is 6.92 Å². The summed E-state index contributed by atoms with van der Waals surface area (Å²) in [6.07, 6.45) is 0. The van der Waals surface area contributed by atoms with Gasteiger partial charge < -0.3 is 10.6 Å². The van der Waals surface area contributed by atoms with Crippen LogP contribution in [0.2, 0.25) is 5.15 Å². The van der Waals surface area contributed by atoms with Crippen molar-refractivity contribution in [1.29, 1.82) is 0 Å². The minimum Gasteiger partial charge on any atom is -0.326 e. The van der Waals surface area contributed by atoms with Gasteiger partial charge in [-0.1, -0.05) is 17.7 Å². The van der Waals surface area contributed by atoms with E-state index < -0.39 is 5.91 Å². The summed E-state index contributed by atoms with van der Waals surface area (Å²) in [6, 6.07) is 8.18. The summed E-state index contributed by atoms with van der Waals surface area (Å²) in [6.45, 7) is 3.29. The topological polar surface area (TPSA) is 84.0 Å². The molecule has 0 radical (unpaired) electrons. The van der Waals surface area contributed by atoms with E-state index >= 15 is 0 Å². The predicted octanol–water partition coefficient (Wildman–Crippen LogP) is 2.65. The standard InChI is InChI=1S/C14H13ClN4O2/c1-8-3-4-10(7-12(8)16-9(2)20)17-14(21)11-5-6-13(15)19-18-11/h3-7H,1-2H3,(H,16,20)(H,17,21). The molecule has 2 aromatic rings. The summed E-state index contributed by atoms with van der Waals surface area (Å²) in [5.74, 6) is -0.582. The average molecular weight is 305 g/mol. The number of carbonyl (C=O) groups excluding carboxylic acids is 2. The number of hydrogen-bond acceptors (Lipinski definition) is 4. The zero-order valence-corrected chi connectivity index (χ0v) is 12.2. The van der Waals surface area contributed by atoms with E-state index in [1.54, 1.807) is 18.2 Å². The molecule has 0 spiro atoms. The summed E-state index contributed by atoms with van der Waals surface area (Å²) in [7, 11) is 0. The van der Waals surface area contributed by atoms with Gasteiger partial charge in [0.25, 0.3) is 5.91 Å². The van der Waals surface area contributed by atoms with Gasteiger partial charge in [-0.2, -0.15) is 0 Å². The van der Waals surface area contributed by atoms with Gasteiger partial charge in [0.2, 0.25) is 5.91 Å². The van der Waals surface area contributed by atoms with Crippen molar-refractivity contribution < 1.29 is 9.59 Å². The van der Waals surface area contributed by atoms with Crippen LogP contribution in [0, 0.1) is 6.92 Å². The number of rotatable bonds is 3. The molecule has 0 saturated heterocycles. The third kappa shape index (κ3) is 4.00. The second kappa shape index (κ2) is 6.32. The molecule has 1 heterocycles. The van der Waals surface area contributed by atoms with Crippen molar-refractivity contribution >= 4 is 34.8 Å². The van der Waals surface area contributed by atoms with Gasteiger partial charge in [0.1, 0.15) is 0 Å². The van der Waals surface area contributed by atoms with E-state index in [0.29, 0.717) is 11.4 Å². The third-order valence-corrected chi connectivity index (χ3v) is 2.87. The van der Waals surface area contributed by atoms with E-state index in [1.165, 1.54) is 19.1 Å². The molecule has 21 heavy (non-hydrogen) atoms. The first-order valence-corrected chi connectivity index (χ1v) is 6.52. The van der Waals surface area contributed by atoms with Crippen LogP contribution in [-0.2, 0) is 4.79 Å². The summed E-state index contributed by atoms with van der Waals surface area (Å²) in [5.41, 5.74) is 2.24. The van der Waals surface area contributed by atoms with Gasteiger partial charge in [-0.25, -0.2) is 0 Å². The molecular formula is C14H13ClN4O2. The van der Waals surface area contributed by atoms with Gasteiger partial charge in [0.05, 0.1) is 0 Å². The minimum atomic E-state index is -0.406. The highest BCUT2D eigenvalue weighted by molar-refractivity contribution is 6.29. The van der Waals surface area contributed by atoms with Gasteiger partial charge in [-0.05, 0) is 36.8 Å². The van der Waals surface area contributed by atoms with Crippen molar-refractivity contribution in [3.63, 3.8) is 0 Å². The lowest BCUT2D eigenvalue weighted by molar-refractivity contribution is -0.114. The maximum Gasteiger partial charge on any atom is 0.276 e. The average Bonchev–Trinajstić information content (AvgIpc) is 2.42. The first-order valence-electron chi connectivity index (χ1n) is 6.14. The molecule has 1 aromatic carbocycles. The molecule has 6 nitrogen and oxygen atoms in total. The predicted molar refractivity (Wildman–Crippen MR) is 80.5 cm³/mol. The van der Waals surface area contributed by atoms with E-state index in [4.69, 9.17) is 11.6 Å². The summed E-state index contributed by atoms with van der Waals surface area (Å²) >= 11 is 5.62. The fourth-order valence-electron chi connectivity index (χ4n) is 1.66. The molecule has 0 fully saturated rings. The maximum atomic E-state index is 12.0. The third-order valence-electron chi connectivity index (χ3n) is 2.67. The molecule has 0 unspecified atom stereocenters. The SMILES string of the molecule is CC(=O)Nc1cc(NC(=O)c2ccc(Cl)nn2)ccc1C. The smallest absolute Gasteiger partial charge is 0.276 e. The summed E-state index contributed by atoms with van der Waals surface area (Å²) < 4.78 is 0. The minimum absolute atomic E-state index is 0.154. The van der Waals surface area contributed by atoms with Crippen LogP contribution >= 0.6 is 11.6 Å². The Morgan fingerprint density at radius 2 is 1.86 bits per heavy atom. The van der Waals surface area contributed by atoms with Crippen LogP contribution < -0.4 is 10.6 Å². The Kier molecular flexibility index (Phi) is 4.49. The molecule has 0 aliphatic rings. The summed E-state index contributed by atoms with van der Waals surface area (Å²) in [4.78, 5) is 23.1. The lowest BCUT2D eigenvalue weighted by atomic mass is 10.1. The van der Waals surface area contributed by atoms with Crippen LogP contribution in [-0.4, -0.2) is 22.0 Å². The van der Waals surface area contributed by atoms with Crippen molar-refractivity contribution in [3.8, 4) is 0 Å². The van der Waals surface area contributed by atoms with E-state index in [-0.39, 0.29) is 16.8 Å². The number of nitrogens with zero attached hydrogens (tertiary/aromatic N) is 2. The molecule has 0 aliphatic heterocycles. The number of nitrogens with one attached hydrogen (secondary N) is 2. The quantitative estimate of drug-likeness (QED) is 0.913. The molecular weight excluding hydrogens is 292 g/mol. The normalized spacial score (nSPS) is 10.0. The molecule has 0 aliphatic carbocycles. The highest BCUT2D eigenvalue weighted by Gasteiger charge is 2.10. The highest BCUT2D eigenvalue weighted by Crippen LogP contribution is 2.20. The number of benzene rings is 1. The second-order valence-corrected chi connectivity index (χ2v) is 4.79. The van der Waals surface area contributed by atoms with Crippen LogP contribution in [0.4, 0.5) is 11.4 Å². The monoisotopic (exact) mass is 304 g/mol.